The maximum absolute atomic E-state index is 12.1. The topological polar surface area (TPSA) is 104 Å². The summed E-state index contributed by atoms with van der Waals surface area (Å²) in [6, 6.07) is 17.8. The SMILES string of the molecule is NC1c2ccccc2CC12CCN(c1ncc(C#CCC(=O)Nc3ccccc3)nc1CO)CC2. The molecule has 0 saturated carbocycles. The lowest BCUT2D eigenvalue weighted by Gasteiger charge is -2.42. The minimum absolute atomic E-state index is 0.0453. The van der Waals surface area contributed by atoms with E-state index in [0.29, 0.717) is 17.2 Å². The molecule has 1 amide bonds. The molecule has 5 rings (SSSR count). The Kier molecular flexibility index (Phi) is 6.49. The third-order valence-electron chi connectivity index (χ3n) is 7.15. The molecule has 1 fully saturated rings. The predicted molar refractivity (Wildman–Crippen MR) is 135 cm³/mol. The number of carbonyl (C=O) groups is 1. The van der Waals surface area contributed by atoms with Gasteiger partial charge in [0.1, 0.15) is 11.4 Å². The molecule has 35 heavy (non-hydrogen) atoms. The third kappa shape index (κ3) is 4.76. The number of fused-ring (bicyclic) bond motifs is 1. The van der Waals surface area contributed by atoms with Gasteiger partial charge in [-0.1, -0.05) is 48.4 Å². The van der Waals surface area contributed by atoms with Crippen molar-refractivity contribution in [2.24, 2.45) is 11.1 Å². The lowest BCUT2D eigenvalue weighted by Crippen LogP contribution is -2.45. The molecule has 0 radical (unpaired) electrons. The number of aliphatic hydroxyl groups excluding tert-OH is 1. The summed E-state index contributed by atoms with van der Waals surface area (Å²) < 4.78 is 0. The molecule has 1 unspecified atom stereocenters. The molecule has 4 N–H and O–H groups in total. The second kappa shape index (κ2) is 9.87. The van der Waals surface area contributed by atoms with Crippen LogP contribution in [-0.4, -0.2) is 34.1 Å². The summed E-state index contributed by atoms with van der Waals surface area (Å²) in [6.07, 6.45) is 4.60. The molecule has 7 heteroatoms. The Bertz CT molecular complexity index is 1270. The summed E-state index contributed by atoms with van der Waals surface area (Å²) in [5, 5.41) is 12.8. The molecule has 1 atom stereocenters. The number of piperidine rings is 1. The molecule has 7 nitrogen and oxygen atoms in total. The number of amides is 1. The Morgan fingerprint density at radius 2 is 1.89 bits per heavy atom. The molecule has 3 aromatic rings. The standard InChI is InChI=1S/C28H29N5O2/c29-26-23-11-5-4-7-20(23)17-28(26)13-15-33(16-14-28)27-24(19-34)31-22(18-30-27)10-6-12-25(35)32-21-8-2-1-3-9-21/h1-5,7-9,11,18,26,34H,12-17,19,29H2,(H,32,35). The average molecular weight is 468 g/mol. The number of para-hydroxylation sites is 1. The largest absolute Gasteiger partial charge is 0.390 e. The van der Waals surface area contributed by atoms with Crippen LogP contribution in [0.3, 0.4) is 0 Å². The smallest absolute Gasteiger partial charge is 0.236 e. The number of nitrogens with one attached hydrogen (secondary N) is 1. The Balaban J connectivity index is 1.22. The molecule has 1 aromatic heterocycles. The number of aromatic nitrogens is 2. The number of aliphatic hydroxyl groups is 1. The Labute approximate surface area is 205 Å². The van der Waals surface area contributed by atoms with Gasteiger partial charge in [-0.3, -0.25) is 4.79 Å². The van der Waals surface area contributed by atoms with Crippen LogP contribution in [0.15, 0.2) is 60.8 Å². The summed E-state index contributed by atoms with van der Waals surface area (Å²) >= 11 is 0. The summed E-state index contributed by atoms with van der Waals surface area (Å²) in [4.78, 5) is 23.3. The first-order chi connectivity index (χ1) is 17.1. The zero-order valence-electron chi connectivity index (χ0n) is 19.6. The summed E-state index contributed by atoms with van der Waals surface area (Å²) in [5.41, 5.74) is 11.1. The van der Waals surface area contributed by atoms with E-state index in [1.165, 1.54) is 11.1 Å². The van der Waals surface area contributed by atoms with E-state index in [-0.39, 0.29) is 30.4 Å². The van der Waals surface area contributed by atoms with Crippen LogP contribution in [0.2, 0.25) is 0 Å². The van der Waals surface area contributed by atoms with Crippen molar-refractivity contribution in [3.05, 3.63) is 83.3 Å². The van der Waals surface area contributed by atoms with E-state index in [2.05, 4.69) is 56.3 Å². The normalized spacial score (nSPS) is 18.0. The average Bonchev–Trinajstić information content (AvgIpc) is 3.16. The van der Waals surface area contributed by atoms with Crippen molar-refractivity contribution < 1.29 is 9.90 Å². The Morgan fingerprint density at radius 3 is 2.63 bits per heavy atom. The fourth-order valence-corrected chi connectivity index (χ4v) is 5.26. The van der Waals surface area contributed by atoms with Gasteiger partial charge in [-0.25, -0.2) is 9.97 Å². The van der Waals surface area contributed by atoms with Gasteiger partial charge in [0.2, 0.25) is 5.91 Å². The first-order valence-corrected chi connectivity index (χ1v) is 12.0. The third-order valence-corrected chi connectivity index (χ3v) is 7.15. The van der Waals surface area contributed by atoms with Crippen LogP contribution < -0.4 is 16.0 Å². The maximum Gasteiger partial charge on any atom is 0.236 e. The lowest BCUT2D eigenvalue weighted by molar-refractivity contribution is -0.115. The van der Waals surface area contributed by atoms with E-state index >= 15 is 0 Å². The number of nitrogens with two attached hydrogens (primary N) is 1. The van der Waals surface area contributed by atoms with E-state index < -0.39 is 0 Å². The highest BCUT2D eigenvalue weighted by Crippen LogP contribution is 2.50. The van der Waals surface area contributed by atoms with Crippen LogP contribution in [0.1, 0.15) is 47.8 Å². The quantitative estimate of drug-likeness (QED) is 0.509. The fraction of sp³-hybridized carbons (Fsp3) is 0.321. The van der Waals surface area contributed by atoms with Crippen molar-refractivity contribution in [2.45, 2.75) is 38.3 Å². The molecular formula is C28H29N5O2. The molecule has 2 aliphatic rings. The number of benzene rings is 2. The van der Waals surface area contributed by atoms with Crippen LogP contribution in [0, 0.1) is 17.3 Å². The van der Waals surface area contributed by atoms with E-state index in [4.69, 9.17) is 5.73 Å². The van der Waals surface area contributed by atoms with Crippen LogP contribution in [0.25, 0.3) is 0 Å². The minimum atomic E-state index is -0.223. The summed E-state index contributed by atoms with van der Waals surface area (Å²) in [5.74, 6) is 6.24. The van der Waals surface area contributed by atoms with Crippen molar-refractivity contribution in [1.29, 1.82) is 0 Å². The van der Waals surface area contributed by atoms with Gasteiger partial charge < -0.3 is 21.1 Å². The van der Waals surface area contributed by atoms with Gasteiger partial charge in [0.15, 0.2) is 5.82 Å². The van der Waals surface area contributed by atoms with Crippen molar-refractivity contribution in [3.63, 3.8) is 0 Å². The van der Waals surface area contributed by atoms with Crippen molar-refractivity contribution >= 4 is 17.4 Å². The second-order valence-corrected chi connectivity index (χ2v) is 9.28. The highest BCUT2D eigenvalue weighted by Gasteiger charge is 2.46. The lowest BCUT2D eigenvalue weighted by atomic mass is 9.73. The number of carbonyl (C=O) groups excluding carboxylic acids is 1. The van der Waals surface area contributed by atoms with Crippen molar-refractivity contribution in [2.75, 3.05) is 23.3 Å². The summed E-state index contributed by atoms with van der Waals surface area (Å²) in [7, 11) is 0. The summed E-state index contributed by atoms with van der Waals surface area (Å²) in [6.45, 7) is 1.40. The van der Waals surface area contributed by atoms with Crippen LogP contribution in [0.5, 0.6) is 0 Å². The van der Waals surface area contributed by atoms with E-state index in [0.717, 1.165) is 38.0 Å². The van der Waals surface area contributed by atoms with Crippen molar-refractivity contribution in [3.8, 4) is 11.8 Å². The predicted octanol–water partition coefficient (Wildman–Crippen LogP) is 3.19. The van der Waals surface area contributed by atoms with Gasteiger partial charge >= 0.3 is 0 Å². The molecule has 0 bridgehead atoms. The molecule has 1 spiro atoms. The molecular weight excluding hydrogens is 438 g/mol. The van der Waals surface area contributed by atoms with Crippen LogP contribution >= 0.6 is 0 Å². The van der Waals surface area contributed by atoms with E-state index in [9.17, 15) is 9.90 Å². The molecule has 2 heterocycles. The number of hydrogen-bond donors (Lipinski definition) is 3. The molecule has 1 saturated heterocycles. The number of hydrogen-bond acceptors (Lipinski definition) is 6. The van der Waals surface area contributed by atoms with E-state index in [1.807, 2.05) is 30.3 Å². The number of anilines is 2. The zero-order valence-corrected chi connectivity index (χ0v) is 19.6. The minimum Gasteiger partial charge on any atom is -0.390 e. The first-order valence-electron chi connectivity index (χ1n) is 12.0. The Hall–Kier alpha value is -3.73. The maximum atomic E-state index is 12.1. The highest BCUT2D eigenvalue weighted by atomic mass is 16.3. The van der Waals surface area contributed by atoms with Gasteiger partial charge in [-0.05, 0) is 53.9 Å². The molecule has 2 aromatic carbocycles. The molecule has 1 aliphatic heterocycles. The van der Waals surface area contributed by atoms with Gasteiger partial charge in [0.05, 0.1) is 19.2 Å². The Morgan fingerprint density at radius 1 is 1.14 bits per heavy atom. The molecule has 1 aliphatic carbocycles. The van der Waals surface area contributed by atoms with Gasteiger partial charge in [0.25, 0.3) is 0 Å². The monoisotopic (exact) mass is 467 g/mol. The number of rotatable bonds is 4. The second-order valence-electron chi connectivity index (χ2n) is 9.28. The van der Waals surface area contributed by atoms with Crippen LogP contribution in [-0.2, 0) is 17.8 Å². The van der Waals surface area contributed by atoms with Gasteiger partial charge in [0, 0.05) is 24.8 Å². The molecule has 178 valence electrons. The van der Waals surface area contributed by atoms with Crippen molar-refractivity contribution in [1.82, 2.24) is 9.97 Å². The first kappa shape index (κ1) is 23.0. The van der Waals surface area contributed by atoms with E-state index in [1.54, 1.807) is 6.20 Å². The highest BCUT2D eigenvalue weighted by molar-refractivity contribution is 5.92. The zero-order chi connectivity index (χ0) is 24.3. The van der Waals surface area contributed by atoms with Crippen LogP contribution in [0.4, 0.5) is 11.5 Å². The fourth-order valence-electron chi connectivity index (χ4n) is 5.26. The van der Waals surface area contributed by atoms with Gasteiger partial charge in [-0.2, -0.15) is 0 Å². The number of nitrogens with zero attached hydrogens (tertiary/aromatic N) is 3. The van der Waals surface area contributed by atoms with Gasteiger partial charge in [-0.15, -0.1) is 0 Å².